The number of rotatable bonds is 9. The summed E-state index contributed by atoms with van der Waals surface area (Å²) in [6, 6.07) is 22.9. The van der Waals surface area contributed by atoms with Crippen LogP contribution in [-0.4, -0.2) is 37.7 Å². The van der Waals surface area contributed by atoms with E-state index in [4.69, 9.17) is 14.6 Å². The lowest BCUT2D eigenvalue weighted by Gasteiger charge is -2.41. The quantitative estimate of drug-likeness (QED) is 0.284. The Labute approximate surface area is 226 Å². The van der Waals surface area contributed by atoms with Gasteiger partial charge in [0.25, 0.3) is 0 Å². The Morgan fingerprint density at radius 1 is 0.974 bits per heavy atom. The number of aliphatic hydroxyl groups is 1. The molecule has 1 aliphatic heterocycles. The fourth-order valence-electron chi connectivity index (χ4n) is 4.88. The lowest BCUT2D eigenvalue weighted by Crippen LogP contribution is -2.39. The van der Waals surface area contributed by atoms with Crippen LogP contribution in [0.25, 0.3) is 11.0 Å². The number of fused-ring (bicyclic) bond motifs is 1. The first-order valence-corrected chi connectivity index (χ1v) is 12.9. The molecule has 1 fully saturated rings. The number of carbonyl (C=O) groups is 2. The molecule has 1 aliphatic rings. The van der Waals surface area contributed by atoms with Crippen LogP contribution >= 0.6 is 0 Å². The van der Waals surface area contributed by atoms with Crippen molar-refractivity contribution in [1.82, 2.24) is 9.55 Å². The first-order valence-electron chi connectivity index (χ1n) is 12.9. The number of aliphatic hydroxyl groups excluding tert-OH is 1. The first-order chi connectivity index (χ1) is 18.9. The van der Waals surface area contributed by atoms with E-state index in [0.29, 0.717) is 12.2 Å². The second-order valence-electron chi connectivity index (χ2n) is 9.77. The third kappa shape index (κ3) is 6.17. The normalized spacial score (nSPS) is 21.1. The number of imidazole rings is 1. The molecule has 0 bridgehead atoms. The highest BCUT2D eigenvalue weighted by Crippen LogP contribution is 2.42. The summed E-state index contributed by atoms with van der Waals surface area (Å²) in [6.45, 7) is 2.64. The monoisotopic (exact) mass is 529 g/mol. The second kappa shape index (κ2) is 11.8. The number of nitrogens with one attached hydrogen (secondary N) is 1. The Morgan fingerprint density at radius 2 is 1.77 bits per heavy atom. The summed E-state index contributed by atoms with van der Waals surface area (Å²) in [7, 11) is 0. The molecule has 5 rings (SSSR count). The molecule has 2 heterocycles. The molecule has 0 saturated carbocycles. The molecule has 1 aromatic heterocycles. The van der Waals surface area contributed by atoms with Crippen LogP contribution in [0.4, 0.5) is 5.69 Å². The Morgan fingerprint density at radius 3 is 2.54 bits per heavy atom. The lowest BCUT2D eigenvalue weighted by molar-refractivity contribution is -0.276. The molecule has 0 radical (unpaired) electrons. The molecule has 4 atom stereocenters. The molecule has 4 aromatic rings. The molecular formula is C30H31N3O6. The second-order valence-corrected chi connectivity index (χ2v) is 9.77. The van der Waals surface area contributed by atoms with Gasteiger partial charge in [0.15, 0.2) is 6.29 Å². The van der Waals surface area contributed by atoms with Crippen molar-refractivity contribution in [2.45, 2.75) is 51.4 Å². The molecule has 9 heteroatoms. The van der Waals surface area contributed by atoms with E-state index >= 15 is 0 Å². The number of hydrogen-bond donors (Lipinski definition) is 3. The van der Waals surface area contributed by atoms with Crippen LogP contribution in [0.3, 0.4) is 0 Å². The molecule has 0 spiro atoms. The van der Waals surface area contributed by atoms with Crippen molar-refractivity contribution in [3.05, 3.63) is 95.8 Å². The summed E-state index contributed by atoms with van der Waals surface area (Å²) < 4.78 is 15.1. The lowest BCUT2D eigenvalue weighted by atomic mass is 9.90. The van der Waals surface area contributed by atoms with Gasteiger partial charge in [-0.3, -0.25) is 9.59 Å². The Balaban J connectivity index is 1.42. The van der Waals surface area contributed by atoms with E-state index in [2.05, 4.69) is 21.8 Å². The van der Waals surface area contributed by atoms with Crippen molar-refractivity contribution in [2.75, 3.05) is 5.32 Å². The predicted octanol–water partition coefficient (Wildman–Crippen LogP) is 4.82. The molecule has 9 nitrogen and oxygen atoms in total. The SMILES string of the molecule is CC1C(Cn2cnc3ccccc32)OC(c2cccc(NC(=O)CCC(=O)O)c2)OC1c1ccc(CO)cc1. The number of benzene rings is 3. The number of ether oxygens (including phenoxy) is 2. The molecule has 1 amide bonds. The van der Waals surface area contributed by atoms with Crippen molar-refractivity contribution in [2.24, 2.45) is 5.92 Å². The summed E-state index contributed by atoms with van der Waals surface area (Å²) in [4.78, 5) is 27.5. The van der Waals surface area contributed by atoms with Crippen LogP contribution < -0.4 is 5.32 Å². The van der Waals surface area contributed by atoms with Crippen LogP contribution in [0.15, 0.2) is 79.1 Å². The standard InChI is InChI=1S/C30H31N3O6/c1-19-26(16-33-18-31-24-7-2-3-8-25(24)33)38-30(39-29(19)21-11-9-20(17-34)10-12-21)22-5-4-6-23(15-22)32-27(35)13-14-28(36)37/h2-12,15,18-19,26,29-30,34H,13-14,16-17H2,1H3,(H,32,35)(H,36,37). The van der Waals surface area contributed by atoms with Gasteiger partial charge in [0, 0.05) is 23.6 Å². The first kappa shape index (κ1) is 26.6. The zero-order valence-electron chi connectivity index (χ0n) is 21.6. The fourth-order valence-corrected chi connectivity index (χ4v) is 4.88. The van der Waals surface area contributed by atoms with E-state index in [0.717, 1.165) is 27.7 Å². The summed E-state index contributed by atoms with van der Waals surface area (Å²) >= 11 is 0. The largest absolute Gasteiger partial charge is 0.481 e. The predicted molar refractivity (Wildman–Crippen MR) is 145 cm³/mol. The van der Waals surface area contributed by atoms with E-state index in [1.165, 1.54) is 0 Å². The molecule has 3 N–H and O–H groups in total. The number of aliphatic carboxylic acids is 1. The van der Waals surface area contributed by atoms with E-state index in [-0.39, 0.29) is 43.5 Å². The highest BCUT2D eigenvalue weighted by molar-refractivity contribution is 5.92. The summed E-state index contributed by atoms with van der Waals surface area (Å²) in [5, 5.41) is 21.1. The molecule has 3 aromatic carbocycles. The van der Waals surface area contributed by atoms with Crippen molar-refractivity contribution in [3.63, 3.8) is 0 Å². The van der Waals surface area contributed by atoms with Crippen molar-refractivity contribution in [1.29, 1.82) is 0 Å². The number of nitrogens with zero attached hydrogens (tertiary/aromatic N) is 2. The van der Waals surface area contributed by atoms with Crippen molar-refractivity contribution < 1.29 is 29.3 Å². The van der Waals surface area contributed by atoms with E-state index in [9.17, 15) is 14.7 Å². The highest BCUT2D eigenvalue weighted by Gasteiger charge is 2.38. The van der Waals surface area contributed by atoms with Crippen LogP contribution in [0, 0.1) is 5.92 Å². The number of carboxylic acids is 1. The van der Waals surface area contributed by atoms with Gasteiger partial charge >= 0.3 is 5.97 Å². The number of amides is 1. The maximum Gasteiger partial charge on any atom is 0.303 e. The number of hydrogen-bond acceptors (Lipinski definition) is 6. The topological polar surface area (TPSA) is 123 Å². The van der Waals surface area contributed by atoms with Crippen molar-refractivity contribution >= 4 is 28.6 Å². The Bertz CT molecular complexity index is 1450. The van der Waals surface area contributed by atoms with E-state index < -0.39 is 12.3 Å². The molecule has 4 unspecified atom stereocenters. The number of carbonyl (C=O) groups excluding carboxylic acids is 1. The van der Waals surface area contributed by atoms with Gasteiger partial charge in [-0.1, -0.05) is 55.5 Å². The van der Waals surface area contributed by atoms with Gasteiger partial charge in [-0.05, 0) is 35.4 Å². The minimum Gasteiger partial charge on any atom is -0.481 e. The number of anilines is 1. The highest BCUT2D eigenvalue weighted by atomic mass is 16.7. The maximum atomic E-state index is 12.2. The van der Waals surface area contributed by atoms with Crippen molar-refractivity contribution in [3.8, 4) is 0 Å². The smallest absolute Gasteiger partial charge is 0.303 e. The average Bonchev–Trinajstić information content (AvgIpc) is 3.36. The summed E-state index contributed by atoms with van der Waals surface area (Å²) in [6.07, 6.45) is 0.255. The van der Waals surface area contributed by atoms with Crippen LogP contribution in [-0.2, 0) is 32.2 Å². The zero-order valence-corrected chi connectivity index (χ0v) is 21.6. The molecule has 202 valence electrons. The summed E-state index contributed by atoms with van der Waals surface area (Å²) in [5.41, 5.74) is 5.00. The molecule has 0 aliphatic carbocycles. The summed E-state index contributed by atoms with van der Waals surface area (Å²) in [5.74, 6) is -1.41. The third-order valence-corrected chi connectivity index (χ3v) is 7.04. The van der Waals surface area contributed by atoms with Gasteiger partial charge in [-0.25, -0.2) is 4.98 Å². The molecule has 1 saturated heterocycles. The zero-order chi connectivity index (χ0) is 27.4. The maximum absolute atomic E-state index is 12.2. The van der Waals surface area contributed by atoms with Gasteiger partial charge in [0.2, 0.25) is 5.91 Å². The van der Waals surface area contributed by atoms with Crippen LogP contribution in [0.5, 0.6) is 0 Å². The minimum atomic E-state index is -1.02. The van der Waals surface area contributed by atoms with E-state index in [1.807, 2.05) is 60.9 Å². The molecular weight excluding hydrogens is 498 g/mol. The Hall–Kier alpha value is -4.05. The Kier molecular flexibility index (Phi) is 8.02. The van der Waals surface area contributed by atoms with Gasteiger partial charge in [0.1, 0.15) is 0 Å². The number of para-hydroxylation sites is 2. The van der Waals surface area contributed by atoms with Gasteiger partial charge in [-0.15, -0.1) is 0 Å². The minimum absolute atomic E-state index is 0.0127. The van der Waals surface area contributed by atoms with Gasteiger partial charge in [0.05, 0.1) is 49.1 Å². The third-order valence-electron chi connectivity index (χ3n) is 7.04. The van der Waals surface area contributed by atoms with E-state index in [1.54, 1.807) is 18.2 Å². The van der Waals surface area contributed by atoms with Crippen LogP contribution in [0.1, 0.15) is 48.8 Å². The fraction of sp³-hybridized carbons (Fsp3) is 0.300. The van der Waals surface area contributed by atoms with Crippen LogP contribution in [0.2, 0.25) is 0 Å². The van der Waals surface area contributed by atoms with Gasteiger partial charge in [-0.2, -0.15) is 0 Å². The number of aromatic nitrogens is 2. The number of carboxylic acid groups (broad SMARTS) is 1. The molecule has 39 heavy (non-hydrogen) atoms. The average molecular weight is 530 g/mol. The van der Waals surface area contributed by atoms with Gasteiger partial charge < -0.3 is 29.6 Å².